The molecule has 32 heavy (non-hydrogen) atoms. The summed E-state index contributed by atoms with van der Waals surface area (Å²) in [5.41, 5.74) is 10.1. The van der Waals surface area contributed by atoms with Crippen LogP contribution in [0.3, 0.4) is 0 Å². The lowest BCUT2D eigenvalue weighted by Crippen LogP contribution is -2.26. The molecule has 0 aliphatic carbocycles. The van der Waals surface area contributed by atoms with Crippen molar-refractivity contribution in [3.63, 3.8) is 0 Å². The number of nitrogens with one attached hydrogen (secondary N) is 1. The smallest absolute Gasteiger partial charge is 0.252 e. The molecule has 1 amide bonds. The van der Waals surface area contributed by atoms with Gasteiger partial charge in [0.2, 0.25) is 0 Å². The number of hydrogen-bond acceptors (Lipinski definition) is 2. The van der Waals surface area contributed by atoms with Crippen LogP contribution in [0.4, 0.5) is 0 Å². The third-order valence-corrected chi connectivity index (χ3v) is 5.67. The highest BCUT2D eigenvalue weighted by Crippen LogP contribution is 2.25. The topological polar surface area (TPSA) is 46.4 Å². The predicted octanol–water partition coefficient (Wildman–Crippen LogP) is 5.68. The molecular formula is C28H27N3O. The fourth-order valence-corrected chi connectivity index (χ4v) is 4.03. The number of carbonyl (C=O) groups excluding carboxylic acids is 1. The van der Waals surface area contributed by atoms with Gasteiger partial charge >= 0.3 is 0 Å². The van der Waals surface area contributed by atoms with Crippen LogP contribution in [0.1, 0.15) is 39.6 Å². The maximum absolute atomic E-state index is 13.1. The summed E-state index contributed by atoms with van der Waals surface area (Å²) in [7, 11) is 0. The van der Waals surface area contributed by atoms with Crippen LogP contribution in [-0.2, 0) is 4.79 Å². The molecule has 0 saturated heterocycles. The fourth-order valence-electron chi connectivity index (χ4n) is 4.03. The minimum absolute atomic E-state index is 0.161. The maximum atomic E-state index is 13.1. The molecule has 1 heterocycles. The molecule has 4 rings (SSSR count). The van der Waals surface area contributed by atoms with Gasteiger partial charge in [-0.15, -0.1) is 0 Å². The van der Waals surface area contributed by atoms with Gasteiger partial charge in [-0.05, 0) is 50.1 Å². The monoisotopic (exact) mass is 421 g/mol. The van der Waals surface area contributed by atoms with Crippen molar-refractivity contribution >= 4 is 12.1 Å². The zero-order valence-corrected chi connectivity index (χ0v) is 18.6. The second-order valence-corrected chi connectivity index (χ2v) is 7.99. The largest absolute Gasteiger partial charge is 0.318 e. The summed E-state index contributed by atoms with van der Waals surface area (Å²) in [6, 6.07) is 30.1. The first-order valence-electron chi connectivity index (χ1n) is 10.7. The summed E-state index contributed by atoms with van der Waals surface area (Å²) in [5, 5.41) is 4.30. The van der Waals surface area contributed by atoms with Crippen molar-refractivity contribution in [1.82, 2.24) is 9.99 Å². The van der Waals surface area contributed by atoms with Crippen LogP contribution in [0.5, 0.6) is 0 Å². The van der Waals surface area contributed by atoms with Crippen molar-refractivity contribution in [1.29, 1.82) is 0 Å². The van der Waals surface area contributed by atoms with Crippen molar-refractivity contribution < 1.29 is 4.79 Å². The maximum Gasteiger partial charge on any atom is 0.252 e. The summed E-state index contributed by atoms with van der Waals surface area (Å²) >= 11 is 0. The summed E-state index contributed by atoms with van der Waals surface area (Å²) < 4.78 is 2.19. The highest BCUT2D eigenvalue weighted by molar-refractivity contribution is 5.89. The third-order valence-electron chi connectivity index (χ3n) is 5.67. The summed E-state index contributed by atoms with van der Waals surface area (Å²) in [4.78, 5) is 13.1. The minimum atomic E-state index is -0.422. The Kier molecular flexibility index (Phi) is 6.31. The molecule has 0 radical (unpaired) electrons. The van der Waals surface area contributed by atoms with E-state index in [1.807, 2.05) is 60.7 Å². The zero-order valence-electron chi connectivity index (χ0n) is 18.6. The first-order valence-corrected chi connectivity index (χ1v) is 10.7. The lowest BCUT2D eigenvalue weighted by Gasteiger charge is -2.16. The highest BCUT2D eigenvalue weighted by Gasteiger charge is 2.22. The number of carbonyl (C=O) groups is 1. The van der Waals surface area contributed by atoms with Gasteiger partial charge in [0.25, 0.3) is 5.91 Å². The molecule has 0 spiro atoms. The first-order chi connectivity index (χ1) is 15.5. The quantitative estimate of drug-likeness (QED) is 0.316. The zero-order chi connectivity index (χ0) is 22.5. The predicted molar refractivity (Wildman–Crippen MR) is 130 cm³/mol. The number of aromatic nitrogens is 1. The molecule has 4 nitrogen and oxygen atoms in total. The standard InChI is InChI=1S/C28H27N3O/c1-20-14-16-26(17-15-20)31-21(2)18-25(22(31)3)19-29-30-28(32)27(23-10-6-4-7-11-23)24-12-8-5-9-13-24/h4-19,27H,1-3H3,(H,30,32)/b29-19+. The van der Waals surface area contributed by atoms with Crippen molar-refractivity contribution in [2.45, 2.75) is 26.7 Å². The molecular weight excluding hydrogens is 394 g/mol. The van der Waals surface area contributed by atoms with E-state index in [1.54, 1.807) is 6.21 Å². The fraction of sp³-hybridized carbons (Fsp3) is 0.143. The molecule has 0 unspecified atom stereocenters. The SMILES string of the molecule is Cc1ccc(-n2c(C)cc(/C=N/NC(=O)C(c3ccccc3)c3ccccc3)c2C)cc1. The van der Waals surface area contributed by atoms with Gasteiger partial charge in [0, 0.05) is 22.6 Å². The van der Waals surface area contributed by atoms with Crippen LogP contribution < -0.4 is 5.43 Å². The van der Waals surface area contributed by atoms with Gasteiger partial charge in [-0.25, -0.2) is 5.43 Å². The molecule has 160 valence electrons. The Balaban J connectivity index is 1.56. The van der Waals surface area contributed by atoms with E-state index < -0.39 is 5.92 Å². The van der Waals surface area contributed by atoms with Gasteiger partial charge in [0.1, 0.15) is 0 Å². The molecule has 4 heteroatoms. The Morgan fingerprint density at radius 1 is 0.844 bits per heavy atom. The Morgan fingerprint density at radius 2 is 1.41 bits per heavy atom. The second kappa shape index (κ2) is 9.48. The Bertz CT molecular complexity index is 1180. The normalized spacial score (nSPS) is 11.2. The van der Waals surface area contributed by atoms with Crippen LogP contribution in [0.2, 0.25) is 0 Å². The Morgan fingerprint density at radius 3 is 1.97 bits per heavy atom. The Hall–Kier alpha value is -3.92. The van der Waals surface area contributed by atoms with E-state index in [-0.39, 0.29) is 5.91 Å². The van der Waals surface area contributed by atoms with Crippen LogP contribution in [-0.4, -0.2) is 16.7 Å². The van der Waals surface area contributed by atoms with Gasteiger partial charge in [0.15, 0.2) is 0 Å². The lowest BCUT2D eigenvalue weighted by atomic mass is 9.91. The molecule has 1 aromatic heterocycles. The van der Waals surface area contributed by atoms with E-state index in [0.717, 1.165) is 33.8 Å². The van der Waals surface area contributed by atoms with Crippen LogP contribution >= 0.6 is 0 Å². The van der Waals surface area contributed by atoms with Crippen molar-refractivity contribution in [3.05, 3.63) is 125 Å². The Labute approximate surface area is 189 Å². The number of benzene rings is 3. The number of rotatable bonds is 6. The molecule has 0 aliphatic rings. The van der Waals surface area contributed by atoms with Crippen LogP contribution in [0, 0.1) is 20.8 Å². The third kappa shape index (κ3) is 4.54. The molecule has 4 aromatic rings. The van der Waals surface area contributed by atoms with Gasteiger partial charge in [-0.1, -0.05) is 78.4 Å². The number of hydrazone groups is 1. The second-order valence-electron chi connectivity index (χ2n) is 7.99. The average Bonchev–Trinajstić information content (AvgIpc) is 3.09. The van der Waals surface area contributed by atoms with Gasteiger partial charge in [0.05, 0.1) is 12.1 Å². The van der Waals surface area contributed by atoms with E-state index >= 15 is 0 Å². The van der Waals surface area contributed by atoms with E-state index in [1.165, 1.54) is 5.56 Å². The highest BCUT2D eigenvalue weighted by atomic mass is 16.2. The molecule has 0 bridgehead atoms. The number of amides is 1. The molecule has 0 saturated carbocycles. The van der Waals surface area contributed by atoms with Crippen molar-refractivity contribution in [2.24, 2.45) is 5.10 Å². The van der Waals surface area contributed by atoms with Gasteiger partial charge < -0.3 is 4.57 Å². The molecule has 1 N–H and O–H groups in total. The minimum Gasteiger partial charge on any atom is -0.318 e. The van der Waals surface area contributed by atoms with Crippen LogP contribution in [0.15, 0.2) is 96.1 Å². The van der Waals surface area contributed by atoms with E-state index in [0.29, 0.717) is 0 Å². The molecule has 3 aromatic carbocycles. The summed E-state index contributed by atoms with van der Waals surface area (Å²) in [6.07, 6.45) is 1.72. The number of hydrogen-bond donors (Lipinski definition) is 1. The number of nitrogens with zero attached hydrogens (tertiary/aromatic N) is 2. The number of aryl methyl sites for hydroxylation is 2. The van der Waals surface area contributed by atoms with Crippen LogP contribution in [0.25, 0.3) is 5.69 Å². The molecule has 0 aliphatic heterocycles. The van der Waals surface area contributed by atoms with Gasteiger partial charge in [-0.3, -0.25) is 4.79 Å². The van der Waals surface area contributed by atoms with Gasteiger partial charge in [-0.2, -0.15) is 5.10 Å². The summed E-state index contributed by atoms with van der Waals surface area (Å²) in [6.45, 7) is 6.22. The molecule has 0 fully saturated rings. The van der Waals surface area contributed by atoms with E-state index in [2.05, 4.69) is 66.2 Å². The van der Waals surface area contributed by atoms with Crippen molar-refractivity contribution in [2.75, 3.05) is 0 Å². The molecule has 0 atom stereocenters. The van der Waals surface area contributed by atoms with Crippen molar-refractivity contribution in [3.8, 4) is 5.69 Å². The first kappa shape index (κ1) is 21.3. The van der Waals surface area contributed by atoms with E-state index in [9.17, 15) is 4.79 Å². The average molecular weight is 422 g/mol. The lowest BCUT2D eigenvalue weighted by molar-refractivity contribution is -0.121. The summed E-state index contributed by atoms with van der Waals surface area (Å²) in [5.74, 6) is -0.583. The van der Waals surface area contributed by atoms with E-state index in [4.69, 9.17) is 0 Å².